The van der Waals surface area contributed by atoms with E-state index in [1.54, 1.807) is 0 Å². The number of carbonyl (C=O) groups is 1. The van der Waals surface area contributed by atoms with E-state index in [0.717, 1.165) is 13.0 Å². The summed E-state index contributed by atoms with van der Waals surface area (Å²) in [5.74, 6) is 1.00. The van der Waals surface area contributed by atoms with Crippen LogP contribution < -0.4 is 0 Å². The van der Waals surface area contributed by atoms with Crippen LogP contribution in [0.5, 0.6) is 0 Å². The van der Waals surface area contributed by atoms with Gasteiger partial charge < -0.3 is 4.90 Å². The normalized spacial score (nSPS) is 38.9. The van der Waals surface area contributed by atoms with Gasteiger partial charge in [0.2, 0.25) is 5.91 Å². The van der Waals surface area contributed by atoms with Crippen LogP contribution in [-0.2, 0) is 4.79 Å². The van der Waals surface area contributed by atoms with E-state index >= 15 is 0 Å². The van der Waals surface area contributed by atoms with Crippen LogP contribution in [0, 0.1) is 5.92 Å². The zero-order valence-electron chi connectivity index (χ0n) is 6.34. The standard InChI is InChI=1S/C8H13NO/c1-6-5-8(10)9-4-2-3-7(6)9/h6-7H,2-5H2,1H3/t6-,7+/m1/s1. The first-order valence-electron chi connectivity index (χ1n) is 4.08. The summed E-state index contributed by atoms with van der Waals surface area (Å²) in [6, 6.07) is 0.604. The summed E-state index contributed by atoms with van der Waals surface area (Å²) in [5, 5.41) is 0. The molecule has 2 atom stereocenters. The number of carbonyl (C=O) groups excluding carboxylic acids is 1. The molecule has 10 heavy (non-hydrogen) atoms. The molecule has 2 heteroatoms. The minimum Gasteiger partial charge on any atom is -0.339 e. The molecule has 56 valence electrons. The van der Waals surface area contributed by atoms with Gasteiger partial charge in [0, 0.05) is 19.0 Å². The molecule has 0 aromatic carbocycles. The Hall–Kier alpha value is -0.530. The molecular formula is C8H13NO. The third kappa shape index (κ3) is 0.678. The highest BCUT2D eigenvalue weighted by molar-refractivity contribution is 5.79. The Kier molecular flexibility index (Phi) is 1.22. The van der Waals surface area contributed by atoms with E-state index < -0.39 is 0 Å². The summed E-state index contributed by atoms with van der Waals surface area (Å²) in [7, 11) is 0. The first-order valence-corrected chi connectivity index (χ1v) is 4.08. The lowest BCUT2D eigenvalue weighted by Crippen LogP contribution is -2.28. The van der Waals surface area contributed by atoms with Crippen LogP contribution in [-0.4, -0.2) is 23.4 Å². The maximum absolute atomic E-state index is 11.2. The SMILES string of the molecule is C[C@@H]1CC(=O)N2CCC[C@@H]12. The Morgan fingerprint density at radius 3 is 3.10 bits per heavy atom. The first kappa shape index (κ1) is 6.20. The van der Waals surface area contributed by atoms with Gasteiger partial charge in [-0.15, -0.1) is 0 Å². The summed E-state index contributed by atoms with van der Waals surface area (Å²) in [6.07, 6.45) is 3.26. The van der Waals surface area contributed by atoms with E-state index in [9.17, 15) is 4.79 Å². The van der Waals surface area contributed by atoms with E-state index in [1.165, 1.54) is 12.8 Å². The zero-order valence-corrected chi connectivity index (χ0v) is 6.34. The maximum atomic E-state index is 11.2. The third-order valence-corrected chi connectivity index (χ3v) is 2.77. The molecule has 0 N–H and O–H groups in total. The molecule has 0 unspecified atom stereocenters. The van der Waals surface area contributed by atoms with Gasteiger partial charge in [-0.1, -0.05) is 6.92 Å². The van der Waals surface area contributed by atoms with Gasteiger partial charge in [-0.05, 0) is 18.8 Å². The van der Waals surface area contributed by atoms with Crippen LogP contribution in [0.3, 0.4) is 0 Å². The van der Waals surface area contributed by atoms with Crippen molar-refractivity contribution in [3.05, 3.63) is 0 Å². The largest absolute Gasteiger partial charge is 0.339 e. The molecule has 0 radical (unpaired) electrons. The minimum absolute atomic E-state index is 0.384. The highest BCUT2D eigenvalue weighted by Crippen LogP contribution is 2.32. The molecule has 2 heterocycles. The van der Waals surface area contributed by atoms with Crippen LogP contribution in [0.4, 0.5) is 0 Å². The minimum atomic E-state index is 0.384. The van der Waals surface area contributed by atoms with Gasteiger partial charge in [0.05, 0.1) is 0 Å². The molecule has 2 aliphatic rings. The fraction of sp³-hybridized carbons (Fsp3) is 0.875. The average Bonchev–Trinajstić information content (AvgIpc) is 2.39. The van der Waals surface area contributed by atoms with Crippen molar-refractivity contribution in [1.29, 1.82) is 0 Å². The molecule has 2 fully saturated rings. The average molecular weight is 139 g/mol. The van der Waals surface area contributed by atoms with Gasteiger partial charge in [-0.2, -0.15) is 0 Å². The number of fused-ring (bicyclic) bond motifs is 1. The summed E-state index contributed by atoms with van der Waals surface area (Å²) < 4.78 is 0. The number of hydrogen-bond acceptors (Lipinski definition) is 1. The van der Waals surface area contributed by atoms with E-state index in [4.69, 9.17) is 0 Å². The van der Waals surface area contributed by atoms with Crippen LogP contribution in [0.2, 0.25) is 0 Å². The van der Waals surface area contributed by atoms with Gasteiger partial charge in [0.1, 0.15) is 0 Å². The fourth-order valence-corrected chi connectivity index (χ4v) is 2.22. The molecular weight excluding hydrogens is 126 g/mol. The molecule has 0 spiro atoms. The van der Waals surface area contributed by atoms with Crippen molar-refractivity contribution in [2.75, 3.05) is 6.54 Å². The zero-order chi connectivity index (χ0) is 7.14. The van der Waals surface area contributed by atoms with Crippen molar-refractivity contribution < 1.29 is 4.79 Å². The predicted molar refractivity (Wildman–Crippen MR) is 38.5 cm³/mol. The predicted octanol–water partition coefficient (Wildman–Crippen LogP) is 1.02. The summed E-state index contributed by atoms with van der Waals surface area (Å²) >= 11 is 0. The highest BCUT2D eigenvalue weighted by Gasteiger charge is 2.39. The number of rotatable bonds is 0. The molecule has 2 aliphatic heterocycles. The van der Waals surface area contributed by atoms with Crippen molar-refractivity contribution in [3.63, 3.8) is 0 Å². The van der Waals surface area contributed by atoms with Crippen molar-refractivity contribution >= 4 is 5.91 Å². The molecule has 1 amide bonds. The van der Waals surface area contributed by atoms with Gasteiger partial charge >= 0.3 is 0 Å². The van der Waals surface area contributed by atoms with Gasteiger partial charge in [0.15, 0.2) is 0 Å². The number of amides is 1. The van der Waals surface area contributed by atoms with Crippen molar-refractivity contribution in [2.24, 2.45) is 5.92 Å². The molecule has 2 rings (SSSR count). The van der Waals surface area contributed by atoms with Crippen LogP contribution in [0.1, 0.15) is 26.2 Å². The van der Waals surface area contributed by atoms with Crippen molar-refractivity contribution in [3.8, 4) is 0 Å². The van der Waals surface area contributed by atoms with Gasteiger partial charge in [-0.25, -0.2) is 0 Å². The van der Waals surface area contributed by atoms with E-state index in [-0.39, 0.29) is 0 Å². The van der Waals surface area contributed by atoms with Crippen molar-refractivity contribution in [2.45, 2.75) is 32.2 Å². The van der Waals surface area contributed by atoms with Crippen LogP contribution in [0.25, 0.3) is 0 Å². The molecule has 0 saturated carbocycles. The van der Waals surface area contributed by atoms with E-state index in [1.807, 2.05) is 0 Å². The molecule has 0 aliphatic carbocycles. The van der Waals surface area contributed by atoms with Crippen molar-refractivity contribution in [1.82, 2.24) is 4.90 Å². The Morgan fingerprint density at radius 2 is 2.40 bits per heavy atom. The number of hydrogen-bond donors (Lipinski definition) is 0. The molecule has 0 aromatic rings. The van der Waals surface area contributed by atoms with Gasteiger partial charge in [0.25, 0.3) is 0 Å². The van der Waals surface area contributed by atoms with Gasteiger partial charge in [-0.3, -0.25) is 4.79 Å². The molecule has 0 aromatic heterocycles. The van der Waals surface area contributed by atoms with E-state index in [2.05, 4.69) is 11.8 Å². The fourth-order valence-electron chi connectivity index (χ4n) is 2.22. The monoisotopic (exact) mass is 139 g/mol. The third-order valence-electron chi connectivity index (χ3n) is 2.77. The second kappa shape index (κ2) is 1.97. The molecule has 2 nitrogen and oxygen atoms in total. The Bertz CT molecular complexity index is 167. The quantitative estimate of drug-likeness (QED) is 0.490. The topological polar surface area (TPSA) is 20.3 Å². The second-order valence-corrected chi connectivity index (χ2v) is 3.48. The Morgan fingerprint density at radius 1 is 1.60 bits per heavy atom. The highest BCUT2D eigenvalue weighted by atomic mass is 16.2. The van der Waals surface area contributed by atoms with Crippen LogP contribution in [0.15, 0.2) is 0 Å². The summed E-state index contributed by atoms with van der Waals surface area (Å²) in [4.78, 5) is 13.3. The summed E-state index contributed by atoms with van der Waals surface area (Å²) in [6.45, 7) is 3.21. The van der Waals surface area contributed by atoms with Crippen LogP contribution >= 0.6 is 0 Å². The maximum Gasteiger partial charge on any atom is 0.223 e. The first-order chi connectivity index (χ1) is 4.79. The molecule has 2 saturated heterocycles. The molecule has 0 bridgehead atoms. The second-order valence-electron chi connectivity index (χ2n) is 3.48. The lowest BCUT2D eigenvalue weighted by Gasteiger charge is -2.16. The Balaban J connectivity index is 2.19. The lowest BCUT2D eigenvalue weighted by molar-refractivity contribution is -0.127. The van der Waals surface area contributed by atoms with E-state index in [0.29, 0.717) is 17.9 Å². The Labute approximate surface area is 61.2 Å². The lowest BCUT2D eigenvalue weighted by atomic mass is 10.0. The number of nitrogens with zero attached hydrogens (tertiary/aromatic N) is 1. The summed E-state index contributed by atoms with van der Waals surface area (Å²) in [5.41, 5.74) is 0. The smallest absolute Gasteiger partial charge is 0.223 e.